The van der Waals surface area contributed by atoms with Crippen molar-refractivity contribution >= 4 is 29.5 Å². The third-order valence-corrected chi connectivity index (χ3v) is 10.8. The number of carbonyl (C=O) groups is 3. The monoisotopic (exact) mass is 509 g/mol. The third kappa shape index (κ3) is 4.62. The van der Waals surface area contributed by atoms with Gasteiger partial charge in [0.05, 0.1) is 0 Å². The van der Waals surface area contributed by atoms with Crippen molar-refractivity contribution in [2.45, 2.75) is 100 Å². The molecule has 0 aromatic heterocycles. The summed E-state index contributed by atoms with van der Waals surface area (Å²) in [5.74, 6) is 3.39. The molecular weight excluding hydrogens is 470 g/mol. The number of nitrogens with one attached hydrogen (secondary N) is 2. The molecule has 1 aromatic rings. The van der Waals surface area contributed by atoms with Gasteiger partial charge >= 0.3 is 0 Å². The normalized spacial score (nSPS) is 32.4. The van der Waals surface area contributed by atoms with Gasteiger partial charge in [0.15, 0.2) is 0 Å². The Hall–Kier alpha value is -1.86. The number of carbonyl (C=O) groups excluding carboxylic acids is 3. The van der Waals surface area contributed by atoms with E-state index >= 15 is 0 Å². The second-order valence-electron chi connectivity index (χ2n) is 11.9. The van der Waals surface area contributed by atoms with Crippen LogP contribution in [0.4, 0.5) is 0 Å². The van der Waals surface area contributed by atoms with Crippen LogP contribution in [-0.2, 0) is 16.1 Å². The number of benzene rings is 1. The lowest BCUT2D eigenvalue weighted by atomic mass is 9.80. The Morgan fingerprint density at radius 1 is 1.00 bits per heavy atom. The van der Waals surface area contributed by atoms with Crippen LogP contribution >= 0.6 is 11.8 Å². The highest BCUT2D eigenvalue weighted by Crippen LogP contribution is 2.60. The average molecular weight is 510 g/mol. The topological polar surface area (TPSA) is 78.5 Å². The number of unbranched alkanes of at least 4 members (excludes halogenated alkanes) is 4. The molecule has 7 rings (SSSR count). The molecule has 4 bridgehead atoms. The molecule has 2 heterocycles. The first-order valence-electron chi connectivity index (χ1n) is 14.2. The van der Waals surface area contributed by atoms with E-state index in [1.807, 2.05) is 23.9 Å². The summed E-state index contributed by atoms with van der Waals surface area (Å²) >= 11 is 1.83. The van der Waals surface area contributed by atoms with Crippen LogP contribution in [0.1, 0.15) is 93.0 Å². The van der Waals surface area contributed by atoms with Crippen LogP contribution in [0.2, 0.25) is 0 Å². The number of nitrogens with zero attached hydrogens (tertiary/aromatic N) is 1. The highest BCUT2D eigenvalue weighted by molar-refractivity contribution is 7.99. The van der Waals surface area contributed by atoms with E-state index in [2.05, 4.69) is 16.7 Å². The Labute approximate surface area is 218 Å². The highest BCUT2D eigenvalue weighted by Gasteiger charge is 2.57. The third-order valence-electron chi connectivity index (χ3n) is 9.58. The van der Waals surface area contributed by atoms with E-state index in [0.29, 0.717) is 24.1 Å². The summed E-state index contributed by atoms with van der Waals surface area (Å²) < 4.78 is 0. The number of piperidine rings is 1. The number of fused-ring (bicyclic) bond motifs is 1. The van der Waals surface area contributed by atoms with Crippen LogP contribution in [0.15, 0.2) is 23.1 Å². The van der Waals surface area contributed by atoms with Crippen molar-refractivity contribution in [1.29, 1.82) is 0 Å². The van der Waals surface area contributed by atoms with Crippen LogP contribution < -0.4 is 10.6 Å². The van der Waals surface area contributed by atoms with Gasteiger partial charge in [0.25, 0.3) is 5.91 Å². The lowest BCUT2D eigenvalue weighted by molar-refractivity contribution is -0.136. The van der Waals surface area contributed by atoms with E-state index in [9.17, 15) is 14.4 Å². The van der Waals surface area contributed by atoms with E-state index in [0.717, 1.165) is 34.0 Å². The van der Waals surface area contributed by atoms with Gasteiger partial charge in [-0.1, -0.05) is 25.3 Å². The van der Waals surface area contributed by atoms with Crippen LogP contribution in [0, 0.1) is 17.8 Å². The van der Waals surface area contributed by atoms with Crippen molar-refractivity contribution in [3.63, 3.8) is 0 Å². The molecule has 1 aromatic carbocycles. The molecule has 36 heavy (non-hydrogen) atoms. The molecular formula is C29H39N3O3S. The standard InChI is InChI=1S/C29H39N3O3S/c33-26-10-9-24(27(34)31-26)32-18-23-22(28(32)35)7-6-8-25(23)36-12-5-3-1-2-4-11-30-29-16-19-13-20(17-29)15-21(29)14-19/h6-8,19-21,24,30H,1-5,9-18H2,(H,31,33,34). The lowest BCUT2D eigenvalue weighted by Gasteiger charge is -2.34. The number of imide groups is 1. The molecule has 2 N–H and O–H groups in total. The summed E-state index contributed by atoms with van der Waals surface area (Å²) in [6.07, 6.45) is 14.4. The summed E-state index contributed by atoms with van der Waals surface area (Å²) in [4.78, 5) is 39.6. The van der Waals surface area contributed by atoms with Gasteiger partial charge in [-0.05, 0) is 99.1 Å². The van der Waals surface area contributed by atoms with Crippen LogP contribution in [0.3, 0.4) is 0 Å². The molecule has 7 heteroatoms. The van der Waals surface area contributed by atoms with Crippen molar-refractivity contribution in [3.8, 4) is 0 Å². The van der Waals surface area contributed by atoms with Crippen molar-refractivity contribution in [3.05, 3.63) is 29.3 Å². The Bertz CT molecular complexity index is 1030. The Morgan fingerprint density at radius 2 is 1.78 bits per heavy atom. The summed E-state index contributed by atoms with van der Waals surface area (Å²) in [6.45, 7) is 1.65. The van der Waals surface area contributed by atoms with E-state index < -0.39 is 6.04 Å². The molecule has 6 nitrogen and oxygen atoms in total. The molecule has 3 unspecified atom stereocenters. The molecule has 5 fully saturated rings. The number of hydrogen-bond donors (Lipinski definition) is 2. The fraction of sp³-hybridized carbons (Fsp3) is 0.690. The minimum atomic E-state index is -0.548. The molecule has 4 aliphatic carbocycles. The van der Waals surface area contributed by atoms with E-state index in [1.54, 1.807) is 4.90 Å². The maximum atomic E-state index is 13.0. The number of hydrogen-bond acceptors (Lipinski definition) is 5. The summed E-state index contributed by atoms with van der Waals surface area (Å²) in [5, 5.41) is 6.40. The largest absolute Gasteiger partial charge is 0.322 e. The smallest absolute Gasteiger partial charge is 0.255 e. The number of thioether (sulfide) groups is 1. The Morgan fingerprint density at radius 3 is 2.58 bits per heavy atom. The zero-order valence-corrected chi connectivity index (χ0v) is 22.0. The van der Waals surface area contributed by atoms with Crippen molar-refractivity contribution in [1.82, 2.24) is 15.5 Å². The summed E-state index contributed by atoms with van der Waals surface area (Å²) in [5.41, 5.74) is 2.27. The van der Waals surface area contributed by atoms with Crippen LogP contribution in [0.5, 0.6) is 0 Å². The quantitative estimate of drug-likeness (QED) is 0.258. The minimum Gasteiger partial charge on any atom is -0.322 e. The zero-order valence-electron chi connectivity index (χ0n) is 21.2. The molecule has 2 aliphatic heterocycles. The second kappa shape index (κ2) is 10.1. The average Bonchev–Trinajstić information content (AvgIpc) is 3.40. The van der Waals surface area contributed by atoms with Gasteiger partial charge < -0.3 is 10.2 Å². The molecule has 3 atom stereocenters. The Kier molecular flexibility index (Phi) is 6.89. The molecule has 0 radical (unpaired) electrons. The van der Waals surface area contributed by atoms with Gasteiger partial charge in [0.2, 0.25) is 11.8 Å². The van der Waals surface area contributed by atoms with Gasteiger partial charge in [-0.3, -0.25) is 19.7 Å². The SMILES string of the molecule is O=C1CCC(N2Cc3c(SCCCCCCCNC45CC6CC(CC4C6)C5)cccc3C2=O)C(=O)N1. The highest BCUT2D eigenvalue weighted by atomic mass is 32.2. The van der Waals surface area contributed by atoms with E-state index in [-0.39, 0.29) is 24.1 Å². The molecule has 1 saturated heterocycles. The molecule has 3 amide bonds. The van der Waals surface area contributed by atoms with Gasteiger partial charge in [0, 0.05) is 29.0 Å². The molecule has 6 aliphatic rings. The maximum Gasteiger partial charge on any atom is 0.255 e. The van der Waals surface area contributed by atoms with Crippen molar-refractivity contribution in [2.24, 2.45) is 17.8 Å². The first-order valence-corrected chi connectivity index (χ1v) is 15.2. The second-order valence-corrected chi connectivity index (χ2v) is 13.1. The maximum absolute atomic E-state index is 13.0. The van der Waals surface area contributed by atoms with Crippen LogP contribution in [-0.4, -0.2) is 46.5 Å². The van der Waals surface area contributed by atoms with Gasteiger partial charge in [0.1, 0.15) is 6.04 Å². The number of rotatable bonds is 11. The predicted molar refractivity (Wildman–Crippen MR) is 141 cm³/mol. The summed E-state index contributed by atoms with van der Waals surface area (Å²) in [7, 11) is 0. The fourth-order valence-electron chi connectivity index (χ4n) is 8.05. The summed E-state index contributed by atoms with van der Waals surface area (Å²) in [6, 6.07) is 5.36. The first-order chi connectivity index (χ1) is 17.5. The van der Waals surface area contributed by atoms with Gasteiger partial charge in [-0.2, -0.15) is 0 Å². The van der Waals surface area contributed by atoms with Crippen molar-refractivity contribution < 1.29 is 14.4 Å². The lowest BCUT2D eigenvalue weighted by Crippen LogP contribution is -2.52. The molecule has 194 valence electrons. The molecule has 4 saturated carbocycles. The molecule has 0 spiro atoms. The Balaban J connectivity index is 0.902. The number of amides is 3. The van der Waals surface area contributed by atoms with E-state index in [4.69, 9.17) is 0 Å². The zero-order chi connectivity index (χ0) is 24.7. The first kappa shape index (κ1) is 24.5. The van der Waals surface area contributed by atoms with Gasteiger partial charge in [-0.25, -0.2) is 0 Å². The van der Waals surface area contributed by atoms with Gasteiger partial charge in [-0.15, -0.1) is 11.8 Å². The van der Waals surface area contributed by atoms with Crippen LogP contribution in [0.25, 0.3) is 0 Å². The van der Waals surface area contributed by atoms with Crippen molar-refractivity contribution in [2.75, 3.05) is 12.3 Å². The van der Waals surface area contributed by atoms with E-state index in [1.165, 1.54) is 70.8 Å². The fourth-order valence-corrected chi connectivity index (χ4v) is 9.15. The minimum absolute atomic E-state index is 0.0892. The predicted octanol–water partition coefficient (Wildman–Crippen LogP) is 4.66.